The van der Waals surface area contributed by atoms with E-state index in [1.54, 1.807) is 6.92 Å². The fraction of sp³-hybridized carbons (Fsp3) is 0.538. The molecular weight excluding hydrogens is 232 g/mol. The number of hydrogen-bond acceptors (Lipinski definition) is 3. The lowest BCUT2D eigenvalue weighted by atomic mass is 10.0. The first kappa shape index (κ1) is 12.8. The molecule has 1 aliphatic rings. The number of amides is 1. The third-order valence-corrected chi connectivity index (χ3v) is 3.41. The molecule has 0 aliphatic heterocycles. The first-order valence-corrected chi connectivity index (χ1v) is 6.20. The zero-order chi connectivity index (χ0) is 13.2. The lowest BCUT2D eigenvalue weighted by molar-refractivity contribution is 0.0449. The van der Waals surface area contributed by atoms with Crippen molar-refractivity contribution < 1.29 is 9.90 Å². The van der Waals surface area contributed by atoms with E-state index in [1.807, 2.05) is 0 Å². The predicted molar refractivity (Wildman–Crippen MR) is 67.6 cm³/mol. The molecule has 5 heteroatoms. The summed E-state index contributed by atoms with van der Waals surface area (Å²) in [7, 11) is 0. The standard InChI is InChI=1S/C13H18N2O3/c1-9-6-11(16)10(7-14-9)12(17)15-8-13(18)4-2-3-5-13/h6-7,18H,2-5,8H2,1H3,(H,14,16)(H,15,17). The van der Waals surface area contributed by atoms with Crippen molar-refractivity contribution in [3.05, 3.63) is 33.7 Å². The van der Waals surface area contributed by atoms with Gasteiger partial charge in [-0.2, -0.15) is 0 Å². The monoisotopic (exact) mass is 250 g/mol. The number of aliphatic hydroxyl groups is 1. The summed E-state index contributed by atoms with van der Waals surface area (Å²) < 4.78 is 0. The third kappa shape index (κ3) is 2.79. The van der Waals surface area contributed by atoms with Gasteiger partial charge in [-0.3, -0.25) is 9.59 Å². The Morgan fingerprint density at radius 2 is 2.17 bits per heavy atom. The summed E-state index contributed by atoms with van der Waals surface area (Å²) >= 11 is 0. The van der Waals surface area contributed by atoms with Crippen LogP contribution in [0.3, 0.4) is 0 Å². The molecule has 98 valence electrons. The van der Waals surface area contributed by atoms with Crippen molar-refractivity contribution in [2.24, 2.45) is 0 Å². The highest BCUT2D eigenvalue weighted by molar-refractivity contribution is 5.93. The molecule has 3 N–H and O–H groups in total. The van der Waals surface area contributed by atoms with Crippen LogP contribution < -0.4 is 10.7 Å². The summed E-state index contributed by atoms with van der Waals surface area (Å²) in [6.07, 6.45) is 4.79. The summed E-state index contributed by atoms with van der Waals surface area (Å²) in [5.74, 6) is -0.434. The predicted octanol–water partition coefficient (Wildman–Crippen LogP) is 0.718. The zero-order valence-electron chi connectivity index (χ0n) is 10.5. The van der Waals surface area contributed by atoms with E-state index in [-0.39, 0.29) is 17.5 Å². The number of nitrogens with one attached hydrogen (secondary N) is 2. The van der Waals surface area contributed by atoms with Crippen molar-refractivity contribution in [2.75, 3.05) is 6.54 Å². The molecule has 2 rings (SSSR count). The Kier molecular flexibility index (Phi) is 3.52. The summed E-state index contributed by atoms with van der Waals surface area (Å²) in [5.41, 5.74) is -0.303. The Hall–Kier alpha value is -1.62. The maximum atomic E-state index is 11.8. The van der Waals surface area contributed by atoms with Crippen LogP contribution in [0.5, 0.6) is 0 Å². The molecule has 1 aliphatic carbocycles. The lowest BCUT2D eigenvalue weighted by Gasteiger charge is -2.22. The van der Waals surface area contributed by atoms with Crippen LogP contribution in [0.2, 0.25) is 0 Å². The van der Waals surface area contributed by atoms with Crippen LogP contribution >= 0.6 is 0 Å². The molecule has 5 nitrogen and oxygen atoms in total. The van der Waals surface area contributed by atoms with Crippen LogP contribution in [0.1, 0.15) is 41.7 Å². The van der Waals surface area contributed by atoms with Crippen LogP contribution in [0, 0.1) is 6.92 Å². The SMILES string of the molecule is Cc1cc(=O)c(C(=O)NCC2(O)CCCC2)c[nH]1. The van der Waals surface area contributed by atoms with E-state index >= 15 is 0 Å². The van der Waals surface area contributed by atoms with Crippen molar-refractivity contribution in [3.63, 3.8) is 0 Å². The molecule has 1 fully saturated rings. The molecular formula is C13H18N2O3. The van der Waals surface area contributed by atoms with Gasteiger partial charge in [-0.25, -0.2) is 0 Å². The Morgan fingerprint density at radius 3 is 2.78 bits per heavy atom. The van der Waals surface area contributed by atoms with E-state index in [0.29, 0.717) is 18.5 Å². The number of H-pyrrole nitrogens is 1. The number of rotatable bonds is 3. The molecule has 0 spiro atoms. The summed E-state index contributed by atoms with van der Waals surface area (Å²) in [5, 5.41) is 12.7. The van der Waals surface area contributed by atoms with Crippen molar-refractivity contribution >= 4 is 5.91 Å². The number of aromatic nitrogens is 1. The molecule has 1 aromatic rings. The fourth-order valence-corrected chi connectivity index (χ4v) is 2.30. The van der Waals surface area contributed by atoms with Gasteiger partial charge in [0, 0.05) is 24.5 Å². The van der Waals surface area contributed by atoms with Gasteiger partial charge < -0.3 is 15.4 Å². The van der Waals surface area contributed by atoms with Crippen molar-refractivity contribution in [3.8, 4) is 0 Å². The zero-order valence-corrected chi connectivity index (χ0v) is 10.5. The highest BCUT2D eigenvalue weighted by Crippen LogP contribution is 2.28. The Bertz CT molecular complexity index is 501. The number of carbonyl (C=O) groups excluding carboxylic acids is 1. The van der Waals surface area contributed by atoms with E-state index in [2.05, 4.69) is 10.3 Å². The normalized spacial score (nSPS) is 17.7. The minimum Gasteiger partial charge on any atom is -0.388 e. The highest BCUT2D eigenvalue weighted by Gasteiger charge is 2.31. The van der Waals surface area contributed by atoms with Crippen LogP contribution in [-0.4, -0.2) is 28.1 Å². The molecule has 0 atom stereocenters. The minimum absolute atomic E-state index is 0.0854. The van der Waals surface area contributed by atoms with Crippen LogP contribution in [-0.2, 0) is 0 Å². The maximum absolute atomic E-state index is 11.8. The molecule has 1 amide bonds. The average molecular weight is 250 g/mol. The van der Waals surface area contributed by atoms with Crippen LogP contribution in [0.4, 0.5) is 0 Å². The number of carbonyl (C=O) groups is 1. The minimum atomic E-state index is -0.798. The summed E-state index contributed by atoms with van der Waals surface area (Å²) in [6, 6.07) is 1.39. The summed E-state index contributed by atoms with van der Waals surface area (Å²) in [4.78, 5) is 26.3. The lowest BCUT2D eigenvalue weighted by Crippen LogP contribution is -2.41. The third-order valence-electron chi connectivity index (χ3n) is 3.41. The van der Waals surface area contributed by atoms with Gasteiger partial charge in [0.25, 0.3) is 5.91 Å². The number of pyridine rings is 1. The molecule has 0 saturated heterocycles. The van der Waals surface area contributed by atoms with E-state index in [9.17, 15) is 14.7 Å². The maximum Gasteiger partial charge on any atom is 0.256 e. The van der Waals surface area contributed by atoms with Crippen molar-refractivity contribution in [1.82, 2.24) is 10.3 Å². The average Bonchev–Trinajstić information content (AvgIpc) is 2.74. The van der Waals surface area contributed by atoms with E-state index in [4.69, 9.17) is 0 Å². The van der Waals surface area contributed by atoms with Gasteiger partial charge in [0.05, 0.1) is 5.60 Å². The number of aryl methyl sites for hydroxylation is 1. The van der Waals surface area contributed by atoms with Crippen molar-refractivity contribution in [1.29, 1.82) is 0 Å². The topological polar surface area (TPSA) is 82.2 Å². The Labute approximate surface area is 105 Å². The van der Waals surface area contributed by atoms with Gasteiger partial charge in [-0.1, -0.05) is 12.8 Å². The second-order valence-corrected chi connectivity index (χ2v) is 5.01. The molecule has 1 saturated carbocycles. The molecule has 0 unspecified atom stereocenters. The molecule has 0 aromatic carbocycles. The van der Waals surface area contributed by atoms with Crippen molar-refractivity contribution in [2.45, 2.75) is 38.2 Å². The summed E-state index contributed by atoms with van der Waals surface area (Å²) in [6.45, 7) is 1.96. The van der Waals surface area contributed by atoms with Gasteiger partial charge in [-0.05, 0) is 19.8 Å². The van der Waals surface area contributed by atoms with Gasteiger partial charge in [0.1, 0.15) is 5.56 Å². The largest absolute Gasteiger partial charge is 0.388 e. The molecule has 1 heterocycles. The van der Waals surface area contributed by atoms with Gasteiger partial charge in [0.15, 0.2) is 5.43 Å². The Morgan fingerprint density at radius 1 is 1.50 bits per heavy atom. The smallest absolute Gasteiger partial charge is 0.256 e. The van der Waals surface area contributed by atoms with Gasteiger partial charge in [0.2, 0.25) is 0 Å². The van der Waals surface area contributed by atoms with E-state index in [0.717, 1.165) is 12.8 Å². The first-order chi connectivity index (χ1) is 8.50. The first-order valence-electron chi connectivity index (χ1n) is 6.20. The Balaban J connectivity index is 2.01. The van der Waals surface area contributed by atoms with E-state index < -0.39 is 11.5 Å². The number of aromatic amines is 1. The molecule has 1 aromatic heterocycles. The van der Waals surface area contributed by atoms with Gasteiger partial charge >= 0.3 is 0 Å². The second-order valence-electron chi connectivity index (χ2n) is 5.01. The molecule has 0 radical (unpaired) electrons. The molecule has 0 bridgehead atoms. The molecule has 18 heavy (non-hydrogen) atoms. The quantitative estimate of drug-likeness (QED) is 0.739. The van der Waals surface area contributed by atoms with Crippen LogP contribution in [0.15, 0.2) is 17.1 Å². The highest BCUT2D eigenvalue weighted by atomic mass is 16.3. The van der Waals surface area contributed by atoms with E-state index in [1.165, 1.54) is 12.3 Å². The fourth-order valence-electron chi connectivity index (χ4n) is 2.30. The second kappa shape index (κ2) is 4.94. The van der Waals surface area contributed by atoms with Crippen LogP contribution in [0.25, 0.3) is 0 Å². The van der Waals surface area contributed by atoms with Gasteiger partial charge in [-0.15, -0.1) is 0 Å². The number of hydrogen-bond donors (Lipinski definition) is 3.